The molecule has 6 nitrogen and oxygen atoms in total. The van der Waals surface area contributed by atoms with Gasteiger partial charge in [0.2, 0.25) is 0 Å². The summed E-state index contributed by atoms with van der Waals surface area (Å²) in [7, 11) is 0. The number of hydrazone groups is 1. The summed E-state index contributed by atoms with van der Waals surface area (Å²) >= 11 is 5.45. The number of aromatic nitrogens is 1. The maximum absolute atomic E-state index is 5.58. The first-order chi connectivity index (χ1) is 10.8. The number of nitrogens with zero attached hydrogens (tertiary/aromatic N) is 4. The molecule has 0 radical (unpaired) electrons. The van der Waals surface area contributed by atoms with E-state index in [9.17, 15) is 0 Å². The highest BCUT2D eigenvalue weighted by Gasteiger charge is 2.20. The Bertz CT molecular complexity index is 569. The van der Waals surface area contributed by atoms with Crippen LogP contribution in [0.3, 0.4) is 0 Å². The van der Waals surface area contributed by atoms with Gasteiger partial charge in [-0.25, -0.2) is 0 Å². The van der Waals surface area contributed by atoms with E-state index in [2.05, 4.69) is 32.2 Å². The predicted octanol–water partition coefficient (Wildman–Crippen LogP) is 1.08. The molecule has 1 saturated heterocycles. The van der Waals surface area contributed by atoms with E-state index < -0.39 is 0 Å². The quantitative estimate of drug-likeness (QED) is 0.650. The Hall–Kier alpha value is -1.73. The van der Waals surface area contributed by atoms with Crippen molar-refractivity contribution in [2.75, 3.05) is 39.3 Å². The van der Waals surface area contributed by atoms with Crippen LogP contribution >= 0.6 is 12.2 Å². The first kappa shape index (κ1) is 15.2. The first-order valence-corrected chi connectivity index (χ1v) is 8.10. The van der Waals surface area contributed by atoms with Crippen LogP contribution in [-0.4, -0.2) is 64.9 Å². The van der Waals surface area contributed by atoms with Crippen molar-refractivity contribution in [3.8, 4) is 5.75 Å². The van der Waals surface area contributed by atoms with Gasteiger partial charge in [0.25, 0.3) is 0 Å². The lowest BCUT2D eigenvalue weighted by molar-refractivity contribution is 0.189. The van der Waals surface area contributed by atoms with Gasteiger partial charge in [0, 0.05) is 38.8 Å². The number of hydrogen-bond acceptors (Lipinski definition) is 5. The van der Waals surface area contributed by atoms with E-state index in [4.69, 9.17) is 17.0 Å². The van der Waals surface area contributed by atoms with Crippen molar-refractivity contribution in [2.45, 2.75) is 13.3 Å². The Kier molecular flexibility index (Phi) is 4.84. The number of piperazine rings is 1. The van der Waals surface area contributed by atoms with E-state index in [1.165, 1.54) is 0 Å². The number of nitrogens with one attached hydrogen (secondary N) is 1. The topological polar surface area (TPSA) is 53.0 Å². The van der Waals surface area contributed by atoms with Crippen LogP contribution in [0.5, 0.6) is 5.75 Å². The van der Waals surface area contributed by atoms with E-state index in [0.29, 0.717) is 11.7 Å². The maximum atomic E-state index is 5.58. The van der Waals surface area contributed by atoms with Gasteiger partial charge in [-0.3, -0.25) is 10.4 Å². The van der Waals surface area contributed by atoms with Gasteiger partial charge in [-0.15, -0.1) is 0 Å². The van der Waals surface area contributed by atoms with Crippen molar-refractivity contribution in [3.63, 3.8) is 0 Å². The molecular weight excluding hydrogens is 298 g/mol. The summed E-state index contributed by atoms with van der Waals surface area (Å²) in [5, 5.41) is 5.15. The molecule has 3 heterocycles. The fourth-order valence-electron chi connectivity index (χ4n) is 2.66. The van der Waals surface area contributed by atoms with Gasteiger partial charge in [0.1, 0.15) is 11.4 Å². The summed E-state index contributed by atoms with van der Waals surface area (Å²) in [5.41, 5.74) is 4.73. The summed E-state index contributed by atoms with van der Waals surface area (Å²) in [6.45, 7) is 7.90. The van der Waals surface area contributed by atoms with Gasteiger partial charge in [-0.1, -0.05) is 6.92 Å². The van der Waals surface area contributed by atoms with E-state index in [0.717, 1.165) is 56.3 Å². The molecule has 7 heteroatoms. The molecule has 2 aliphatic rings. The minimum atomic E-state index is 0.626. The van der Waals surface area contributed by atoms with E-state index >= 15 is 0 Å². The molecule has 0 unspecified atom stereocenters. The van der Waals surface area contributed by atoms with Gasteiger partial charge in [-0.05, 0) is 30.9 Å². The average molecular weight is 319 g/mol. The number of ether oxygens (including phenoxy) is 1. The Balaban J connectivity index is 1.61. The highest BCUT2D eigenvalue weighted by atomic mass is 32.1. The average Bonchev–Trinajstić information content (AvgIpc) is 2.59. The minimum Gasteiger partial charge on any atom is -0.491 e. The van der Waals surface area contributed by atoms with Crippen LogP contribution in [0.2, 0.25) is 0 Å². The maximum Gasteiger partial charge on any atom is 0.189 e. The number of thiocarbonyl (C=S) groups is 1. The number of rotatable bonds is 2. The molecule has 0 atom stereocenters. The smallest absolute Gasteiger partial charge is 0.189 e. The second kappa shape index (κ2) is 7.02. The van der Waals surface area contributed by atoms with E-state index in [-0.39, 0.29) is 0 Å². The van der Waals surface area contributed by atoms with Crippen molar-refractivity contribution < 1.29 is 4.74 Å². The lowest BCUT2D eigenvalue weighted by atomic mass is 10.1. The second-order valence-electron chi connectivity index (χ2n) is 5.35. The lowest BCUT2D eigenvalue weighted by Crippen LogP contribution is -2.50. The second-order valence-corrected chi connectivity index (χ2v) is 5.73. The van der Waals surface area contributed by atoms with E-state index in [1.54, 1.807) is 6.20 Å². The molecular formula is C15H21N5OS. The van der Waals surface area contributed by atoms with Crippen LogP contribution in [0, 0.1) is 0 Å². The van der Waals surface area contributed by atoms with Gasteiger partial charge < -0.3 is 14.5 Å². The number of hydrogen-bond donors (Lipinski definition) is 1. The molecule has 1 N–H and O–H groups in total. The normalized spacial score (nSPS) is 20.4. The third-order valence-electron chi connectivity index (χ3n) is 4.03. The molecule has 0 aromatic carbocycles. The molecule has 0 saturated carbocycles. The van der Waals surface area contributed by atoms with Crippen LogP contribution in [0.4, 0.5) is 0 Å². The van der Waals surface area contributed by atoms with Gasteiger partial charge in [-0.2, -0.15) is 5.10 Å². The van der Waals surface area contributed by atoms with Crippen LogP contribution in [0.15, 0.2) is 23.4 Å². The monoisotopic (exact) mass is 319 g/mol. The highest BCUT2D eigenvalue weighted by molar-refractivity contribution is 7.80. The zero-order chi connectivity index (χ0) is 15.4. The summed E-state index contributed by atoms with van der Waals surface area (Å²) in [6, 6.07) is 3.78. The third-order valence-corrected chi connectivity index (χ3v) is 4.38. The van der Waals surface area contributed by atoms with Crippen molar-refractivity contribution in [3.05, 3.63) is 24.0 Å². The summed E-state index contributed by atoms with van der Waals surface area (Å²) < 4.78 is 5.58. The molecule has 1 fully saturated rings. The molecule has 1 aromatic rings. The van der Waals surface area contributed by atoms with Gasteiger partial charge in [0.05, 0.1) is 12.3 Å². The molecule has 0 spiro atoms. The molecule has 118 valence electrons. The van der Waals surface area contributed by atoms with Crippen molar-refractivity contribution in [1.82, 2.24) is 20.2 Å². The molecule has 0 bridgehead atoms. The van der Waals surface area contributed by atoms with E-state index in [1.807, 2.05) is 12.1 Å². The molecule has 2 aliphatic heterocycles. The highest BCUT2D eigenvalue weighted by Crippen LogP contribution is 2.21. The van der Waals surface area contributed by atoms with Crippen LogP contribution in [0.25, 0.3) is 0 Å². The van der Waals surface area contributed by atoms with Crippen LogP contribution in [0.1, 0.15) is 19.0 Å². The zero-order valence-corrected chi connectivity index (χ0v) is 13.6. The van der Waals surface area contributed by atoms with Gasteiger partial charge in [0.15, 0.2) is 5.11 Å². The van der Waals surface area contributed by atoms with Crippen molar-refractivity contribution in [1.29, 1.82) is 0 Å². The predicted molar refractivity (Wildman–Crippen MR) is 90.3 cm³/mol. The number of likely N-dealkylation sites (N-methyl/N-ethyl adjacent to an activating group) is 1. The Morgan fingerprint density at radius 3 is 3.00 bits per heavy atom. The summed E-state index contributed by atoms with van der Waals surface area (Å²) in [6.07, 6.45) is 2.49. The summed E-state index contributed by atoms with van der Waals surface area (Å²) in [5.74, 6) is 0.789. The zero-order valence-electron chi connectivity index (χ0n) is 12.8. The molecule has 3 rings (SSSR count). The number of fused-ring (bicyclic) bond motifs is 1. The minimum absolute atomic E-state index is 0.626. The molecule has 1 aromatic heterocycles. The Labute approximate surface area is 136 Å². The molecule has 0 amide bonds. The third kappa shape index (κ3) is 3.36. The summed E-state index contributed by atoms with van der Waals surface area (Å²) in [4.78, 5) is 8.94. The lowest BCUT2D eigenvalue weighted by Gasteiger charge is -2.35. The fraction of sp³-hybridized carbons (Fsp3) is 0.533. The van der Waals surface area contributed by atoms with Crippen molar-refractivity contribution >= 4 is 23.0 Å². The van der Waals surface area contributed by atoms with Gasteiger partial charge >= 0.3 is 0 Å². The molecule has 22 heavy (non-hydrogen) atoms. The Morgan fingerprint density at radius 1 is 1.41 bits per heavy atom. The van der Waals surface area contributed by atoms with Crippen molar-refractivity contribution in [2.24, 2.45) is 5.10 Å². The van der Waals surface area contributed by atoms with Crippen LogP contribution in [-0.2, 0) is 0 Å². The largest absolute Gasteiger partial charge is 0.491 e. The Morgan fingerprint density at radius 2 is 2.23 bits per heavy atom. The number of pyridine rings is 1. The first-order valence-electron chi connectivity index (χ1n) is 7.70. The van der Waals surface area contributed by atoms with Crippen LogP contribution < -0.4 is 10.2 Å². The SMILES string of the molecule is CCN1CCN(C(=S)N/N=C2/CCOc3cccnc32)CC1. The fourth-order valence-corrected chi connectivity index (χ4v) is 2.89. The molecule has 0 aliphatic carbocycles. The standard InChI is InChI=1S/C15H21N5OS/c1-2-19-7-9-20(10-8-19)15(22)18-17-12-5-11-21-13-4-3-6-16-14(12)13/h3-4,6H,2,5,7-11H2,1H3,(H,18,22)/b17-12-.